The maximum Gasteiger partial charge on any atom is 0.227 e. The third-order valence-corrected chi connectivity index (χ3v) is 3.87. The highest BCUT2D eigenvalue weighted by atomic mass is 16.2. The molecule has 1 aliphatic rings. The molecule has 19 heavy (non-hydrogen) atoms. The molecule has 2 N–H and O–H groups in total. The van der Waals surface area contributed by atoms with Gasteiger partial charge < -0.3 is 10.6 Å². The molecule has 0 aromatic rings. The smallest absolute Gasteiger partial charge is 0.227 e. The van der Waals surface area contributed by atoms with Crippen LogP contribution < -0.4 is 5.73 Å². The zero-order chi connectivity index (χ0) is 14.5. The van der Waals surface area contributed by atoms with E-state index in [1.165, 1.54) is 12.8 Å². The van der Waals surface area contributed by atoms with Gasteiger partial charge in [0.05, 0.1) is 5.92 Å². The van der Waals surface area contributed by atoms with Crippen molar-refractivity contribution in [1.82, 2.24) is 4.90 Å². The van der Waals surface area contributed by atoms with E-state index in [1.807, 2.05) is 11.0 Å². The van der Waals surface area contributed by atoms with Gasteiger partial charge in [-0.05, 0) is 24.7 Å². The highest BCUT2D eigenvalue weighted by Gasteiger charge is 2.32. The van der Waals surface area contributed by atoms with Crippen molar-refractivity contribution in [2.75, 3.05) is 13.1 Å². The lowest BCUT2D eigenvalue weighted by Gasteiger charge is -2.33. The molecule has 1 fully saturated rings. The Morgan fingerprint density at radius 1 is 1.42 bits per heavy atom. The highest BCUT2D eigenvalue weighted by Crippen LogP contribution is 2.29. The van der Waals surface area contributed by atoms with Gasteiger partial charge in [0, 0.05) is 19.1 Å². The molecule has 0 aliphatic heterocycles. The van der Waals surface area contributed by atoms with Crippen molar-refractivity contribution in [2.45, 2.75) is 58.9 Å². The monoisotopic (exact) mass is 266 g/mol. The van der Waals surface area contributed by atoms with Gasteiger partial charge in [-0.3, -0.25) is 4.79 Å². The van der Waals surface area contributed by atoms with Gasteiger partial charge in [-0.2, -0.15) is 0 Å². The van der Waals surface area contributed by atoms with Gasteiger partial charge in [0.25, 0.3) is 0 Å². The summed E-state index contributed by atoms with van der Waals surface area (Å²) in [6.45, 7) is 11.4. The van der Waals surface area contributed by atoms with Gasteiger partial charge >= 0.3 is 0 Å². The molecule has 0 spiro atoms. The van der Waals surface area contributed by atoms with Gasteiger partial charge in [-0.15, -0.1) is 6.58 Å². The van der Waals surface area contributed by atoms with Crippen LogP contribution in [-0.2, 0) is 4.79 Å². The van der Waals surface area contributed by atoms with Gasteiger partial charge in [0.15, 0.2) is 0 Å². The first kappa shape index (κ1) is 16.2. The van der Waals surface area contributed by atoms with E-state index < -0.39 is 0 Å². The number of hydrogen-bond donors (Lipinski definition) is 1. The van der Waals surface area contributed by atoms with Crippen LogP contribution in [0.4, 0.5) is 0 Å². The second-order valence-electron chi connectivity index (χ2n) is 6.91. The van der Waals surface area contributed by atoms with Crippen LogP contribution in [0, 0.1) is 11.3 Å². The van der Waals surface area contributed by atoms with E-state index in [0.29, 0.717) is 19.1 Å². The Bertz CT molecular complexity index is 300. The molecule has 110 valence electrons. The zero-order valence-electron chi connectivity index (χ0n) is 12.8. The average molecular weight is 266 g/mol. The standard InChI is InChI=1S/C16H30N2O/c1-5-10-18(14-8-6-7-9-14)15(19)13(12-17)11-16(2,3)4/h5,13-14H,1,6-12,17H2,2-4H3. The zero-order valence-corrected chi connectivity index (χ0v) is 12.8. The molecular formula is C16H30N2O. The molecule has 0 heterocycles. The first-order valence-electron chi connectivity index (χ1n) is 7.50. The normalized spacial score (nSPS) is 18.3. The van der Waals surface area contributed by atoms with Crippen LogP contribution in [0.2, 0.25) is 0 Å². The molecule has 0 aromatic carbocycles. The largest absolute Gasteiger partial charge is 0.336 e. The van der Waals surface area contributed by atoms with Crippen LogP contribution in [0.25, 0.3) is 0 Å². The van der Waals surface area contributed by atoms with Crippen molar-refractivity contribution in [3.8, 4) is 0 Å². The Hall–Kier alpha value is -0.830. The molecule has 1 saturated carbocycles. The van der Waals surface area contributed by atoms with Crippen molar-refractivity contribution >= 4 is 5.91 Å². The van der Waals surface area contributed by atoms with Crippen molar-refractivity contribution in [2.24, 2.45) is 17.1 Å². The Morgan fingerprint density at radius 2 is 2.00 bits per heavy atom. The summed E-state index contributed by atoms with van der Waals surface area (Å²) in [7, 11) is 0. The Balaban J connectivity index is 2.75. The number of nitrogens with two attached hydrogens (primary N) is 1. The van der Waals surface area contributed by atoms with Crippen molar-refractivity contribution < 1.29 is 4.79 Å². The summed E-state index contributed by atoms with van der Waals surface area (Å²) in [5.74, 6) is 0.171. The minimum absolute atomic E-state index is 0.0550. The summed E-state index contributed by atoms with van der Waals surface area (Å²) >= 11 is 0. The first-order valence-corrected chi connectivity index (χ1v) is 7.50. The van der Waals surface area contributed by atoms with Gasteiger partial charge in [0.1, 0.15) is 0 Å². The maximum atomic E-state index is 12.7. The fourth-order valence-corrected chi connectivity index (χ4v) is 3.02. The molecule has 0 saturated heterocycles. The van der Waals surface area contributed by atoms with Gasteiger partial charge in [-0.1, -0.05) is 39.7 Å². The number of hydrogen-bond acceptors (Lipinski definition) is 2. The van der Waals surface area contributed by atoms with E-state index in [-0.39, 0.29) is 17.2 Å². The predicted molar refractivity (Wildman–Crippen MR) is 80.8 cm³/mol. The molecule has 1 unspecified atom stereocenters. The average Bonchev–Trinajstić information content (AvgIpc) is 2.84. The summed E-state index contributed by atoms with van der Waals surface area (Å²) in [5, 5.41) is 0. The summed E-state index contributed by atoms with van der Waals surface area (Å²) in [4.78, 5) is 14.7. The third kappa shape index (κ3) is 4.98. The lowest BCUT2D eigenvalue weighted by Crippen LogP contribution is -2.45. The van der Waals surface area contributed by atoms with Crippen molar-refractivity contribution in [3.63, 3.8) is 0 Å². The molecule has 0 aromatic heterocycles. The van der Waals surface area contributed by atoms with Crippen molar-refractivity contribution in [1.29, 1.82) is 0 Å². The molecule has 1 amide bonds. The van der Waals surface area contributed by atoms with Crippen LogP contribution >= 0.6 is 0 Å². The topological polar surface area (TPSA) is 46.3 Å². The second kappa shape index (κ2) is 7.09. The maximum absolute atomic E-state index is 12.7. The Morgan fingerprint density at radius 3 is 2.42 bits per heavy atom. The quantitative estimate of drug-likeness (QED) is 0.751. The van der Waals surface area contributed by atoms with Crippen LogP contribution in [0.5, 0.6) is 0 Å². The molecule has 1 aliphatic carbocycles. The van der Waals surface area contributed by atoms with Crippen LogP contribution in [0.3, 0.4) is 0 Å². The molecule has 1 rings (SSSR count). The van der Waals surface area contributed by atoms with E-state index in [1.54, 1.807) is 0 Å². The molecular weight excluding hydrogens is 236 g/mol. The van der Waals surface area contributed by atoms with Crippen LogP contribution in [0.1, 0.15) is 52.9 Å². The first-order chi connectivity index (χ1) is 8.89. The number of carbonyl (C=O) groups excluding carboxylic acids is 1. The molecule has 3 heteroatoms. The minimum atomic E-state index is -0.0550. The number of carbonyl (C=O) groups is 1. The van der Waals surface area contributed by atoms with Gasteiger partial charge in [0.2, 0.25) is 5.91 Å². The van der Waals surface area contributed by atoms with E-state index >= 15 is 0 Å². The van der Waals surface area contributed by atoms with E-state index in [0.717, 1.165) is 19.3 Å². The van der Waals surface area contributed by atoms with Crippen molar-refractivity contribution in [3.05, 3.63) is 12.7 Å². The summed E-state index contributed by atoms with van der Waals surface area (Å²) < 4.78 is 0. The highest BCUT2D eigenvalue weighted by molar-refractivity contribution is 5.79. The second-order valence-corrected chi connectivity index (χ2v) is 6.91. The fraction of sp³-hybridized carbons (Fsp3) is 0.812. The Labute approximate surface area is 118 Å². The minimum Gasteiger partial charge on any atom is -0.336 e. The van der Waals surface area contributed by atoms with Gasteiger partial charge in [-0.25, -0.2) is 0 Å². The summed E-state index contributed by atoms with van der Waals surface area (Å²) in [5.41, 5.74) is 5.97. The molecule has 1 atom stereocenters. The number of amides is 1. The third-order valence-electron chi connectivity index (χ3n) is 3.87. The van der Waals surface area contributed by atoms with E-state index in [9.17, 15) is 4.79 Å². The van der Waals surface area contributed by atoms with Crippen LogP contribution in [-0.4, -0.2) is 29.9 Å². The molecule has 3 nitrogen and oxygen atoms in total. The summed E-state index contributed by atoms with van der Waals surface area (Å²) in [6, 6.07) is 0.402. The number of nitrogens with zero attached hydrogens (tertiary/aromatic N) is 1. The lowest BCUT2D eigenvalue weighted by atomic mass is 9.84. The number of rotatable bonds is 6. The lowest BCUT2D eigenvalue weighted by molar-refractivity contribution is -0.137. The fourth-order valence-electron chi connectivity index (χ4n) is 3.02. The molecule has 0 bridgehead atoms. The SMILES string of the molecule is C=CCN(C(=O)C(CN)CC(C)(C)C)C1CCCC1. The summed E-state index contributed by atoms with van der Waals surface area (Å²) in [6.07, 6.45) is 7.42. The molecule has 0 radical (unpaired) electrons. The van der Waals surface area contributed by atoms with E-state index in [4.69, 9.17) is 5.73 Å². The van der Waals surface area contributed by atoms with E-state index in [2.05, 4.69) is 27.4 Å². The van der Waals surface area contributed by atoms with Crippen LogP contribution in [0.15, 0.2) is 12.7 Å². The predicted octanol–water partition coefficient (Wildman–Crippen LogP) is 2.95. The Kier molecular flexibility index (Phi) is 6.05.